The molecule has 2 amide bonds. The van der Waals surface area contributed by atoms with Crippen LogP contribution in [-0.4, -0.2) is 62.3 Å². The van der Waals surface area contributed by atoms with Crippen molar-refractivity contribution < 1.29 is 27.8 Å². The maximum Gasteiger partial charge on any atom is 0.328 e. The Morgan fingerprint density at radius 2 is 2.00 bits per heavy atom. The van der Waals surface area contributed by atoms with Gasteiger partial charge >= 0.3 is 12.0 Å². The Balaban J connectivity index is 2.64. The van der Waals surface area contributed by atoms with E-state index in [0.717, 1.165) is 7.11 Å². The van der Waals surface area contributed by atoms with E-state index in [9.17, 15) is 18.4 Å². The molecule has 0 radical (unpaired) electrons. The van der Waals surface area contributed by atoms with E-state index in [2.05, 4.69) is 10.1 Å². The number of esters is 1. The molecule has 122 valence electrons. The van der Waals surface area contributed by atoms with Crippen molar-refractivity contribution in [2.45, 2.75) is 38.2 Å². The van der Waals surface area contributed by atoms with Crippen molar-refractivity contribution in [1.29, 1.82) is 0 Å². The van der Waals surface area contributed by atoms with Gasteiger partial charge in [-0.25, -0.2) is 18.4 Å². The standard InChI is InChI=1S/C13H22F2N2O4/c1-3-4-13(14,15)9-10(11(18)20-2)16-12(19)17-5-7-21-8-6-17/h10H,3-9H2,1-2H3,(H,16,19)/t10-/m0/s1. The van der Waals surface area contributed by atoms with E-state index in [1.54, 1.807) is 6.92 Å². The Morgan fingerprint density at radius 1 is 1.38 bits per heavy atom. The van der Waals surface area contributed by atoms with Crippen LogP contribution in [0.15, 0.2) is 0 Å². The van der Waals surface area contributed by atoms with Crippen LogP contribution in [0.1, 0.15) is 26.2 Å². The third kappa shape index (κ3) is 5.82. The minimum atomic E-state index is -3.02. The minimum Gasteiger partial charge on any atom is -0.467 e. The zero-order valence-corrected chi connectivity index (χ0v) is 12.4. The van der Waals surface area contributed by atoms with Gasteiger partial charge in [0.05, 0.1) is 20.3 Å². The number of carbonyl (C=O) groups excluding carboxylic acids is 2. The van der Waals surface area contributed by atoms with Gasteiger partial charge < -0.3 is 19.7 Å². The number of alkyl halides is 2. The number of nitrogens with one attached hydrogen (secondary N) is 1. The molecule has 1 aliphatic rings. The van der Waals surface area contributed by atoms with Gasteiger partial charge in [0.1, 0.15) is 6.04 Å². The number of carbonyl (C=O) groups is 2. The zero-order valence-electron chi connectivity index (χ0n) is 12.4. The highest BCUT2D eigenvalue weighted by atomic mass is 19.3. The van der Waals surface area contributed by atoms with Gasteiger partial charge in [0.15, 0.2) is 0 Å². The molecule has 1 rings (SSSR count). The summed E-state index contributed by atoms with van der Waals surface area (Å²) in [6.45, 7) is 3.15. The number of hydrogen-bond acceptors (Lipinski definition) is 4. The molecule has 1 N–H and O–H groups in total. The van der Waals surface area contributed by atoms with Crippen LogP contribution >= 0.6 is 0 Å². The predicted molar refractivity (Wildman–Crippen MR) is 71.2 cm³/mol. The zero-order chi connectivity index (χ0) is 15.9. The first kappa shape index (κ1) is 17.6. The second-order valence-electron chi connectivity index (χ2n) is 4.93. The van der Waals surface area contributed by atoms with Crippen LogP contribution < -0.4 is 5.32 Å². The molecule has 0 aromatic carbocycles. The van der Waals surface area contributed by atoms with Crippen LogP contribution in [0.25, 0.3) is 0 Å². The molecule has 1 aliphatic heterocycles. The molecular weight excluding hydrogens is 286 g/mol. The summed E-state index contributed by atoms with van der Waals surface area (Å²) >= 11 is 0. The van der Waals surface area contributed by atoms with Crippen LogP contribution in [0.5, 0.6) is 0 Å². The Hall–Kier alpha value is -1.44. The van der Waals surface area contributed by atoms with E-state index in [-0.39, 0.29) is 12.8 Å². The summed E-state index contributed by atoms with van der Waals surface area (Å²) in [4.78, 5) is 25.0. The maximum absolute atomic E-state index is 13.7. The number of urea groups is 1. The largest absolute Gasteiger partial charge is 0.467 e. The number of hydrogen-bond donors (Lipinski definition) is 1. The Bertz CT molecular complexity index is 360. The van der Waals surface area contributed by atoms with Crippen molar-refractivity contribution in [3.63, 3.8) is 0 Å². The Kier molecular flexibility index (Phi) is 6.80. The number of rotatable bonds is 6. The van der Waals surface area contributed by atoms with Gasteiger partial charge in [0.2, 0.25) is 0 Å². The van der Waals surface area contributed by atoms with Crippen molar-refractivity contribution >= 4 is 12.0 Å². The molecular formula is C13H22F2N2O4. The molecule has 0 aliphatic carbocycles. The van der Waals surface area contributed by atoms with E-state index in [4.69, 9.17) is 4.74 Å². The maximum atomic E-state index is 13.7. The first-order valence-corrected chi connectivity index (χ1v) is 6.98. The highest BCUT2D eigenvalue weighted by Gasteiger charge is 2.37. The minimum absolute atomic E-state index is 0.290. The van der Waals surface area contributed by atoms with E-state index < -0.39 is 30.4 Å². The molecule has 21 heavy (non-hydrogen) atoms. The number of morpholine rings is 1. The smallest absolute Gasteiger partial charge is 0.328 e. The molecule has 8 heteroatoms. The molecule has 1 fully saturated rings. The molecule has 0 unspecified atom stereocenters. The molecule has 1 atom stereocenters. The summed E-state index contributed by atoms with van der Waals surface area (Å²) in [7, 11) is 1.11. The van der Waals surface area contributed by atoms with Crippen LogP contribution in [0.4, 0.5) is 13.6 Å². The average Bonchev–Trinajstić information content (AvgIpc) is 2.46. The normalized spacial score (nSPS) is 17.2. The fraction of sp³-hybridized carbons (Fsp3) is 0.846. The summed E-state index contributed by atoms with van der Waals surface area (Å²) < 4.78 is 36.9. The second kappa shape index (κ2) is 8.11. The highest BCUT2D eigenvalue weighted by molar-refractivity contribution is 5.83. The highest BCUT2D eigenvalue weighted by Crippen LogP contribution is 2.26. The SMILES string of the molecule is CCCC(F)(F)C[C@H](NC(=O)N1CCOCC1)C(=O)OC. The van der Waals surface area contributed by atoms with Gasteiger partial charge in [-0.2, -0.15) is 0 Å². The molecule has 6 nitrogen and oxygen atoms in total. The molecule has 0 bridgehead atoms. The van der Waals surface area contributed by atoms with E-state index >= 15 is 0 Å². The first-order valence-electron chi connectivity index (χ1n) is 6.98. The number of amides is 2. The molecule has 1 saturated heterocycles. The van der Waals surface area contributed by atoms with Crippen molar-refractivity contribution in [1.82, 2.24) is 10.2 Å². The number of ether oxygens (including phenoxy) is 2. The van der Waals surface area contributed by atoms with Crippen molar-refractivity contribution in [3.05, 3.63) is 0 Å². The summed E-state index contributed by atoms with van der Waals surface area (Å²) in [6.07, 6.45) is -0.810. The Labute approximate surface area is 122 Å². The monoisotopic (exact) mass is 308 g/mol. The second-order valence-corrected chi connectivity index (χ2v) is 4.93. The fourth-order valence-electron chi connectivity index (χ4n) is 2.11. The number of halogens is 2. The molecule has 0 aromatic heterocycles. The third-order valence-corrected chi connectivity index (χ3v) is 3.20. The van der Waals surface area contributed by atoms with Gasteiger partial charge in [0.25, 0.3) is 5.92 Å². The summed E-state index contributed by atoms with van der Waals surface area (Å²) in [6, 6.07) is -1.91. The van der Waals surface area contributed by atoms with Crippen molar-refractivity contribution in [2.75, 3.05) is 33.4 Å². The quantitative estimate of drug-likeness (QED) is 0.753. The van der Waals surface area contributed by atoms with Gasteiger partial charge in [-0.15, -0.1) is 0 Å². The lowest BCUT2D eigenvalue weighted by Gasteiger charge is -2.29. The first-order chi connectivity index (χ1) is 9.89. The fourth-order valence-corrected chi connectivity index (χ4v) is 2.11. The summed E-state index contributed by atoms with van der Waals surface area (Å²) in [5, 5.41) is 2.33. The number of nitrogens with zero attached hydrogens (tertiary/aromatic N) is 1. The van der Waals surface area contributed by atoms with Gasteiger partial charge in [-0.05, 0) is 0 Å². The number of methoxy groups -OCH3 is 1. The van der Waals surface area contributed by atoms with Gasteiger partial charge in [-0.1, -0.05) is 13.3 Å². The van der Waals surface area contributed by atoms with Gasteiger partial charge in [-0.3, -0.25) is 0 Å². The lowest BCUT2D eigenvalue weighted by Crippen LogP contribution is -2.52. The molecule has 0 saturated carbocycles. The summed E-state index contributed by atoms with van der Waals surface area (Å²) in [5.41, 5.74) is 0. The van der Waals surface area contributed by atoms with Crippen LogP contribution in [0.2, 0.25) is 0 Å². The molecule has 0 aromatic rings. The average molecular weight is 308 g/mol. The lowest BCUT2D eigenvalue weighted by atomic mass is 10.0. The van der Waals surface area contributed by atoms with Crippen LogP contribution in [0.3, 0.4) is 0 Å². The van der Waals surface area contributed by atoms with Crippen molar-refractivity contribution in [2.24, 2.45) is 0 Å². The molecule has 0 spiro atoms. The van der Waals surface area contributed by atoms with Crippen molar-refractivity contribution in [3.8, 4) is 0 Å². The third-order valence-electron chi connectivity index (χ3n) is 3.20. The molecule has 1 heterocycles. The Morgan fingerprint density at radius 3 is 2.52 bits per heavy atom. The van der Waals surface area contributed by atoms with E-state index in [0.29, 0.717) is 26.3 Å². The van der Waals surface area contributed by atoms with Gasteiger partial charge in [0, 0.05) is 25.9 Å². The predicted octanol–water partition coefficient (Wildman–Crippen LogP) is 1.40. The van der Waals surface area contributed by atoms with Crippen LogP contribution in [-0.2, 0) is 14.3 Å². The lowest BCUT2D eigenvalue weighted by molar-refractivity contribution is -0.146. The summed E-state index contributed by atoms with van der Waals surface area (Å²) in [5.74, 6) is -3.89. The van der Waals surface area contributed by atoms with E-state index in [1.807, 2.05) is 0 Å². The van der Waals surface area contributed by atoms with Crippen LogP contribution in [0, 0.1) is 0 Å². The van der Waals surface area contributed by atoms with E-state index in [1.165, 1.54) is 4.90 Å². The topological polar surface area (TPSA) is 67.9 Å².